The quantitative estimate of drug-likeness (QED) is 0.842. The average Bonchev–Trinajstić information content (AvgIpc) is 2.12. The third kappa shape index (κ3) is 3.76. The predicted molar refractivity (Wildman–Crippen MR) is 46.1 cm³/mol. The Morgan fingerprint density at radius 1 is 1.06 bits per heavy atom. The van der Waals surface area contributed by atoms with Gasteiger partial charge in [-0.05, 0) is 6.07 Å². The van der Waals surface area contributed by atoms with Crippen LogP contribution in [0.4, 0.5) is 30.7 Å². The minimum Gasteiger partial charge on any atom is -0.406 e. The van der Waals surface area contributed by atoms with Crippen LogP contribution in [-0.4, -0.2) is 12.5 Å². The second-order valence-electron chi connectivity index (χ2n) is 3.25. The Kier molecular flexibility index (Phi) is 3.75. The van der Waals surface area contributed by atoms with Crippen molar-refractivity contribution < 1.29 is 35.5 Å². The van der Waals surface area contributed by atoms with Crippen LogP contribution in [0.5, 0.6) is 5.75 Å². The molecule has 0 aliphatic carbocycles. The number of hydrogen-bond acceptors (Lipinski definition) is 2. The van der Waals surface area contributed by atoms with Crippen LogP contribution in [0.15, 0.2) is 18.2 Å². The summed E-state index contributed by atoms with van der Waals surface area (Å²) < 4.78 is 88.4. The lowest BCUT2D eigenvalue weighted by Crippen LogP contribution is -2.29. The van der Waals surface area contributed by atoms with Gasteiger partial charge in [-0.1, -0.05) is 6.07 Å². The minimum absolute atomic E-state index is 0.189. The van der Waals surface area contributed by atoms with Crippen LogP contribution >= 0.6 is 0 Å². The van der Waals surface area contributed by atoms with Gasteiger partial charge in [0.2, 0.25) is 0 Å². The summed E-state index contributed by atoms with van der Waals surface area (Å²) in [5, 5.41) is 0. The van der Waals surface area contributed by atoms with Crippen molar-refractivity contribution in [1.82, 2.24) is 0 Å². The van der Waals surface area contributed by atoms with Crippen molar-refractivity contribution in [3.05, 3.63) is 29.6 Å². The molecule has 0 aromatic heterocycles. The fourth-order valence-electron chi connectivity index (χ4n) is 1.13. The van der Waals surface area contributed by atoms with Gasteiger partial charge in [0.25, 0.3) is 0 Å². The first-order valence-electron chi connectivity index (χ1n) is 4.38. The summed E-state index contributed by atoms with van der Waals surface area (Å²) >= 11 is 0. The maximum atomic E-state index is 13.2. The second kappa shape index (κ2) is 4.63. The van der Waals surface area contributed by atoms with Gasteiger partial charge in [0.05, 0.1) is 0 Å². The topological polar surface area (TPSA) is 35.2 Å². The first kappa shape index (κ1) is 14.6. The van der Waals surface area contributed by atoms with E-state index in [4.69, 9.17) is 5.73 Å². The Morgan fingerprint density at radius 2 is 1.61 bits per heavy atom. The molecule has 0 fully saturated rings. The lowest BCUT2D eigenvalue weighted by Gasteiger charge is -2.17. The summed E-state index contributed by atoms with van der Waals surface area (Å²) in [6.45, 7) is 0. The van der Waals surface area contributed by atoms with E-state index in [9.17, 15) is 30.7 Å². The van der Waals surface area contributed by atoms with Crippen molar-refractivity contribution in [2.24, 2.45) is 5.73 Å². The first-order valence-corrected chi connectivity index (χ1v) is 4.38. The molecule has 2 nitrogen and oxygen atoms in total. The summed E-state index contributed by atoms with van der Waals surface area (Å²) in [6.07, 6.45) is -9.95. The Balaban J connectivity index is 3.00. The van der Waals surface area contributed by atoms with Gasteiger partial charge in [0.15, 0.2) is 0 Å². The number of ether oxygens (including phenoxy) is 1. The van der Waals surface area contributed by atoms with Crippen LogP contribution in [0, 0.1) is 5.82 Å². The molecular weight excluding hydrogens is 271 g/mol. The molecule has 102 valence electrons. The molecule has 1 aromatic carbocycles. The molecule has 0 amide bonds. The van der Waals surface area contributed by atoms with Crippen LogP contribution in [0.1, 0.15) is 11.6 Å². The van der Waals surface area contributed by atoms with Gasteiger partial charge in [-0.3, -0.25) is 0 Å². The molecular formula is C9H6F7NO. The highest BCUT2D eigenvalue weighted by atomic mass is 19.4. The van der Waals surface area contributed by atoms with Crippen LogP contribution in [0.2, 0.25) is 0 Å². The van der Waals surface area contributed by atoms with Crippen molar-refractivity contribution in [2.45, 2.75) is 18.6 Å². The molecule has 18 heavy (non-hydrogen) atoms. The predicted octanol–water partition coefficient (Wildman–Crippen LogP) is 3.29. The van der Waals surface area contributed by atoms with Gasteiger partial charge in [-0.15, -0.1) is 13.2 Å². The molecule has 2 N–H and O–H groups in total. The summed E-state index contributed by atoms with van der Waals surface area (Å²) in [5.74, 6) is -2.49. The molecule has 0 saturated carbocycles. The maximum absolute atomic E-state index is 13.2. The number of alkyl halides is 6. The van der Waals surface area contributed by atoms with E-state index in [1.807, 2.05) is 0 Å². The van der Waals surface area contributed by atoms with Gasteiger partial charge >= 0.3 is 12.5 Å². The van der Waals surface area contributed by atoms with E-state index in [1.165, 1.54) is 0 Å². The standard InChI is InChI=1S/C9H6F7NO/c10-6-3-4(18-9(14,15)16)1-2-5(6)7(17)8(11,12)13/h1-3,7H,17H2/t7-/m0/s1. The van der Waals surface area contributed by atoms with Crippen LogP contribution in [0.3, 0.4) is 0 Å². The largest absolute Gasteiger partial charge is 0.573 e. The lowest BCUT2D eigenvalue weighted by atomic mass is 10.1. The zero-order valence-corrected chi connectivity index (χ0v) is 8.44. The molecule has 1 rings (SSSR count). The maximum Gasteiger partial charge on any atom is 0.573 e. The molecule has 0 unspecified atom stereocenters. The summed E-state index contributed by atoms with van der Waals surface area (Å²) in [4.78, 5) is 0. The third-order valence-electron chi connectivity index (χ3n) is 1.89. The van der Waals surface area contributed by atoms with E-state index in [-0.39, 0.29) is 6.07 Å². The number of benzene rings is 1. The van der Waals surface area contributed by atoms with Crippen LogP contribution in [-0.2, 0) is 0 Å². The number of hydrogen-bond donors (Lipinski definition) is 1. The van der Waals surface area contributed by atoms with Crippen molar-refractivity contribution in [2.75, 3.05) is 0 Å². The Bertz CT molecular complexity index is 426. The number of rotatable bonds is 2. The van der Waals surface area contributed by atoms with Crippen LogP contribution < -0.4 is 10.5 Å². The highest BCUT2D eigenvalue weighted by Crippen LogP contribution is 2.33. The Hall–Kier alpha value is -1.51. The summed E-state index contributed by atoms with van der Waals surface area (Å²) in [7, 11) is 0. The second-order valence-corrected chi connectivity index (χ2v) is 3.25. The van der Waals surface area contributed by atoms with Crippen molar-refractivity contribution in [3.63, 3.8) is 0 Å². The van der Waals surface area contributed by atoms with E-state index in [1.54, 1.807) is 0 Å². The van der Waals surface area contributed by atoms with Gasteiger partial charge in [0.1, 0.15) is 17.6 Å². The molecule has 0 heterocycles. The summed E-state index contributed by atoms with van der Waals surface area (Å²) in [6, 6.07) is -1.38. The highest BCUT2D eigenvalue weighted by Gasteiger charge is 2.39. The molecule has 9 heteroatoms. The Labute approximate surface area is 96.1 Å². The zero-order valence-electron chi connectivity index (χ0n) is 8.44. The van der Waals surface area contributed by atoms with E-state index in [2.05, 4.69) is 4.74 Å². The van der Waals surface area contributed by atoms with E-state index in [0.29, 0.717) is 12.1 Å². The van der Waals surface area contributed by atoms with Gasteiger partial charge < -0.3 is 10.5 Å². The minimum atomic E-state index is -5.06. The summed E-state index contributed by atoms with van der Waals surface area (Å²) in [5.41, 5.74) is 3.76. The van der Waals surface area contributed by atoms with Gasteiger partial charge in [-0.2, -0.15) is 13.2 Å². The normalized spacial score (nSPS) is 14.4. The van der Waals surface area contributed by atoms with E-state index in [0.717, 1.165) is 0 Å². The molecule has 0 radical (unpaired) electrons. The molecule has 1 atom stereocenters. The fourth-order valence-corrected chi connectivity index (χ4v) is 1.13. The first-order chi connectivity index (χ1) is 8.00. The smallest absolute Gasteiger partial charge is 0.406 e. The number of halogens is 7. The highest BCUT2D eigenvalue weighted by molar-refractivity contribution is 5.31. The SMILES string of the molecule is N[C@@H](c1ccc(OC(F)(F)F)cc1F)C(F)(F)F. The molecule has 0 aliphatic rings. The zero-order chi connectivity index (χ0) is 14.1. The molecule has 0 bridgehead atoms. The van der Waals surface area contributed by atoms with Crippen molar-refractivity contribution in [1.29, 1.82) is 0 Å². The monoisotopic (exact) mass is 277 g/mol. The molecule has 1 aromatic rings. The fraction of sp³-hybridized carbons (Fsp3) is 0.333. The van der Waals surface area contributed by atoms with Crippen molar-refractivity contribution >= 4 is 0 Å². The average molecular weight is 277 g/mol. The lowest BCUT2D eigenvalue weighted by molar-refractivity contribution is -0.274. The van der Waals surface area contributed by atoms with Crippen LogP contribution in [0.25, 0.3) is 0 Å². The molecule has 0 saturated heterocycles. The number of nitrogens with two attached hydrogens (primary N) is 1. The van der Waals surface area contributed by atoms with Gasteiger partial charge in [0, 0.05) is 11.6 Å². The van der Waals surface area contributed by atoms with Gasteiger partial charge in [-0.25, -0.2) is 4.39 Å². The van der Waals surface area contributed by atoms with E-state index >= 15 is 0 Å². The third-order valence-corrected chi connectivity index (χ3v) is 1.89. The molecule has 0 spiro atoms. The van der Waals surface area contributed by atoms with Crippen molar-refractivity contribution in [3.8, 4) is 5.75 Å². The van der Waals surface area contributed by atoms with E-state index < -0.39 is 35.7 Å². The molecule has 0 aliphatic heterocycles. The Morgan fingerprint density at radius 3 is 2.00 bits per heavy atom.